The fourth-order valence-corrected chi connectivity index (χ4v) is 2.75. The van der Waals surface area contributed by atoms with Gasteiger partial charge in [-0.3, -0.25) is 0 Å². The van der Waals surface area contributed by atoms with Gasteiger partial charge in [0.05, 0.1) is 18.4 Å². The summed E-state index contributed by atoms with van der Waals surface area (Å²) in [7, 11) is 0. The summed E-state index contributed by atoms with van der Waals surface area (Å²) in [6.07, 6.45) is 3.76. The number of aromatic nitrogens is 4. The predicted molar refractivity (Wildman–Crippen MR) is 72.3 cm³/mol. The number of fused-ring (bicyclic) bond motifs is 1. The van der Waals surface area contributed by atoms with Crippen LogP contribution in [0.4, 0.5) is 10.2 Å². The van der Waals surface area contributed by atoms with E-state index in [9.17, 15) is 4.39 Å². The van der Waals surface area contributed by atoms with Crippen molar-refractivity contribution in [1.29, 1.82) is 0 Å². The molecule has 3 heterocycles. The number of anilines is 1. The van der Waals surface area contributed by atoms with Gasteiger partial charge in [-0.25, -0.2) is 19.3 Å². The molecule has 0 radical (unpaired) electrons. The number of halogens is 2. The van der Waals surface area contributed by atoms with Crippen LogP contribution < -0.4 is 4.90 Å². The summed E-state index contributed by atoms with van der Waals surface area (Å²) in [5.41, 5.74) is 0.458. The Morgan fingerprint density at radius 1 is 1.32 bits per heavy atom. The first-order chi connectivity index (χ1) is 9.20. The van der Waals surface area contributed by atoms with Crippen molar-refractivity contribution >= 4 is 21.7 Å². The van der Waals surface area contributed by atoms with Crippen molar-refractivity contribution in [1.82, 2.24) is 19.5 Å². The highest BCUT2D eigenvalue weighted by Gasteiger charge is 2.23. The van der Waals surface area contributed by atoms with E-state index in [2.05, 4.69) is 35.4 Å². The molecule has 0 atom stereocenters. The lowest BCUT2D eigenvalue weighted by Crippen LogP contribution is -2.35. The summed E-state index contributed by atoms with van der Waals surface area (Å²) in [6, 6.07) is 0. The molecule has 0 saturated heterocycles. The summed E-state index contributed by atoms with van der Waals surface area (Å²) in [5.74, 6) is 0.968. The van der Waals surface area contributed by atoms with Crippen LogP contribution in [0.3, 0.4) is 0 Å². The summed E-state index contributed by atoms with van der Waals surface area (Å²) in [6.45, 7) is 3.91. The number of imidazole rings is 1. The fraction of sp³-hybridized carbons (Fsp3) is 0.417. The predicted octanol–water partition coefficient (Wildman–Crippen LogP) is 2.16. The lowest BCUT2D eigenvalue weighted by molar-refractivity contribution is 0.525. The van der Waals surface area contributed by atoms with Crippen molar-refractivity contribution in [2.24, 2.45) is 0 Å². The summed E-state index contributed by atoms with van der Waals surface area (Å²) in [5, 5.41) is 0. The number of aryl methyl sites for hydroxylation is 1. The Morgan fingerprint density at radius 3 is 2.95 bits per heavy atom. The van der Waals surface area contributed by atoms with E-state index in [0.717, 1.165) is 17.0 Å². The topological polar surface area (TPSA) is 46.8 Å². The molecule has 2 aromatic heterocycles. The maximum absolute atomic E-state index is 14.2. The van der Waals surface area contributed by atoms with Crippen LogP contribution >= 0.6 is 15.9 Å². The Bertz CT molecular complexity index is 612. The van der Waals surface area contributed by atoms with Gasteiger partial charge in [0.15, 0.2) is 11.6 Å². The van der Waals surface area contributed by atoms with Gasteiger partial charge in [0, 0.05) is 13.1 Å². The summed E-state index contributed by atoms with van der Waals surface area (Å²) >= 11 is 3.45. The molecule has 0 N–H and O–H groups in total. The minimum Gasteiger partial charge on any atom is -0.345 e. The summed E-state index contributed by atoms with van der Waals surface area (Å²) in [4.78, 5) is 14.3. The Kier molecular flexibility index (Phi) is 3.22. The van der Waals surface area contributed by atoms with Crippen LogP contribution in [0, 0.1) is 5.82 Å². The molecule has 0 saturated carbocycles. The van der Waals surface area contributed by atoms with E-state index in [4.69, 9.17) is 0 Å². The van der Waals surface area contributed by atoms with E-state index in [1.807, 2.05) is 11.8 Å². The third-order valence-corrected chi connectivity index (χ3v) is 3.93. The van der Waals surface area contributed by atoms with Gasteiger partial charge < -0.3 is 9.47 Å². The largest absolute Gasteiger partial charge is 0.345 e. The number of rotatable bonds is 2. The highest BCUT2D eigenvalue weighted by molar-refractivity contribution is 9.10. The molecular weight excluding hydrogens is 313 g/mol. The van der Waals surface area contributed by atoms with E-state index in [-0.39, 0.29) is 5.82 Å². The van der Waals surface area contributed by atoms with Gasteiger partial charge in [0.25, 0.3) is 0 Å². The molecule has 0 bridgehead atoms. The monoisotopic (exact) mass is 325 g/mol. The molecule has 0 aliphatic carbocycles. The second-order valence-electron chi connectivity index (χ2n) is 4.38. The van der Waals surface area contributed by atoms with Gasteiger partial charge in [-0.2, -0.15) is 0 Å². The average molecular weight is 326 g/mol. The van der Waals surface area contributed by atoms with E-state index in [1.54, 1.807) is 6.20 Å². The average Bonchev–Trinajstić information content (AvgIpc) is 2.80. The molecule has 0 unspecified atom stereocenters. The molecule has 5 nitrogen and oxygen atoms in total. The standard InChI is InChI=1S/C12H13BrFN5/c1-2-8-11(14)12(17-7-16-8)18-3-4-19-9(13)5-15-10(19)6-18/h5,7H,2-4,6H2,1H3. The maximum atomic E-state index is 14.2. The van der Waals surface area contributed by atoms with Gasteiger partial charge >= 0.3 is 0 Å². The van der Waals surface area contributed by atoms with Crippen LogP contribution in [0.1, 0.15) is 18.4 Å². The SMILES string of the molecule is CCc1ncnc(N2CCn3c(Br)cnc3C2)c1F. The molecule has 7 heteroatoms. The third kappa shape index (κ3) is 2.11. The third-order valence-electron chi connectivity index (χ3n) is 3.29. The number of hydrogen-bond donors (Lipinski definition) is 0. The molecule has 0 spiro atoms. The van der Waals surface area contributed by atoms with Crippen LogP contribution in [0.2, 0.25) is 0 Å². The van der Waals surface area contributed by atoms with Crippen LogP contribution in [-0.2, 0) is 19.5 Å². The normalized spacial score (nSPS) is 14.6. The lowest BCUT2D eigenvalue weighted by Gasteiger charge is -2.29. The first-order valence-electron chi connectivity index (χ1n) is 6.15. The van der Waals surface area contributed by atoms with Crippen molar-refractivity contribution < 1.29 is 4.39 Å². The van der Waals surface area contributed by atoms with Crippen molar-refractivity contribution in [3.8, 4) is 0 Å². The number of hydrogen-bond acceptors (Lipinski definition) is 4. The molecule has 3 rings (SSSR count). The first kappa shape index (κ1) is 12.5. The zero-order valence-corrected chi connectivity index (χ0v) is 12.1. The van der Waals surface area contributed by atoms with Crippen LogP contribution in [0.5, 0.6) is 0 Å². The fourth-order valence-electron chi connectivity index (χ4n) is 2.27. The van der Waals surface area contributed by atoms with Gasteiger partial charge in [-0.05, 0) is 22.4 Å². The molecule has 100 valence electrons. The summed E-state index contributed by atoms with van der Waals surface area (Å²) < 4.78 is 17.3. The van der Waals surface area contributed by atoms with Crippen LogP contribution in [-0.4, -0.2) is 26.1 Å². The molecule has 0 aromatic carbocycles. The van der Waals surface area contributed by atoms with Crippen LogP contribution in [0.25, 0.3) is 0 Å². The molecular formula is C12H13BrFN5. The molecule has 1 aliphatic rings. The van der Waals surface area contributed by atoms with Gasteiger partial charge in [-0.1, -0.05) is 6.92 Å². The van der Waals surface area contributed by atoms with Gasteiger partial charge in [0.2, 0.25) is 0 Å². The molecule has 0 amide bonds. The second kappa shape index (κ2) is 4.88. The molecule has 0 fully saturated rings. The van der Waals surface area contributed by atoms with Crippen molar-refractivity contribution in [2.75, 3.05) is 11.4 Å². The zero-order chi connectivity index (χ0) is 13.4. The highest BCUT2D eigenvalue weighted by atomic mass is 79.9. The lowest BCUT2D eigenvalue weighted by atomic mass is 10.2. The van der Waals surface area contributed by atoms with Crippen molar-refractivity contribution in [3.63, 3.8) is 0 Å². The molecule has 2 aromatic rings. The minimum atomic E-state index is -0.316. The Morgan fingerprint density at radius 2 is 2.16 bits per heavy atom. The van der Waals surface area contributed by atoms with Crippen LogP contribution in [0.15, 0.2) is 17.1 Å². The zero-order valence-electron chi connectivity index (χ0n) is 10.5. The molecule has 19 heavy (non-hydrogen) atoms. The van der Waals surface area contributed by atoms with E-state index in [1.165, 1.54) is 6.33 Å². The Balaban J connectivity index is 1.93. The first-order valence-corrected chi connectivity index (χ1v) is 6.94. The quantitative estimate of drug-likeness (QED) is 0.848. The number of nitrogens with zero attached hydrogens (tertiary/aromatic N) is 5. The molecule has 1 aliphatic heterocycles. The minimum absolute atomic E-state index is 0.316. The van der Waals surface area contributed by atoms with Crippen molar-refractivity contribution in [3.05, 3.63) is 34.5 Å². The van der Waals surface area contributed by atoms with E-state index in [0.29, 0.717) is 31.0 Å². The smallest absolute Gasteiger partial charge is 0.187 e. The Labute approximate surface area is 118 Å². The second-order valence-corrected chi connectivity index (χ2v) is 5.19. The van der Waals surface area contributed by atoms with Crippen molar-refractivity contribution in [2.45, 2.75) is 26.4 Å². The van der Waals surface area contributed by atoms with E-state index < -0.39 is 0 Å². The van der Waals surface area contributed by atoms with Gasteiger partial charge in [0.1, 0.15) is 16.8 Å². The maximum Gasteiger partial charge on any atom is 0.187 e. The highest BCUT2D eigenvalue weighted by Crippen LogP contribution is 2.24. The van der Waals surface area contributed by atoms with Gasteiger partial charge in [-0.15, -0.1) is 0 Å². The Hall–Kier alpha value is -1.50. The van der Waals surface area contributed by atoms with E-state index >= 15 is 0 Å².